The van der Waals surface area contributed by atoms with Crippen LogP contribution in [0.2, 0.25) is 0 Å². The zero-order valence-electron chi connectivity index (χ0n) is 15.4. The summed E-state index contributed by atoms with van der Waals surface area (Å²) < 4.78 is 4.34. The minimum Gasteiger partial charge on any atom is -0.393 e. The number of rotatable bonds is 5. The second kappa shape index (κ2) is 7.06. The predicted octanol–water partition coefficient (Wildman–Crippen LogP) is 0.204. The van der Waals surface area contributed by atoms with Crippen molar-refractivity contribution in [2.24, 2.45) is 7.05 Å². The molecule has 0 saturated carbocycles. The van der Waals surface area contributed by atoms with Crippen LogP contribution in [-0.2, 0) is 24.9 Å². The van der Waals surface area contributed by atoms with Crippen molar-refractivity contribution in [3.63, 3.8) is 0 Å². The van der Waals surface area contributed by atoms with Gasteiger partial charge in [-0.15, -0.1) is 0 Å². The van der Waals surface area contributed by atoms with Gasteiger partial charge in [0, 0.05) is 33.6 Å². The Hall–Kier alpha value is -2.42. The van der Waals surface area contributed by atoms with E-state index in [1.807, 2.05) is 0 Å². The van der Waals surface area contributed by atoms with Crippen LogP contribution in [0.25, 0.3) is 11.2 Å². The normalized spacial score (nSPS) is 15.3. The maximum absolute atomic E-state index is 13.0. The minimum atomic E-state index is -0.413. The van der Waals surface area contributed by atoms with Crippen LogP contribution in [0.1, 0.15) is 39.5 Å². The highest BCUT2D eigenvalue weighted by Gasteiger charge is 2.27. The van der Waals surface area contributed by atoms with Gasteiger partial charge in [0.25, 0.3) is 5.56 Å². The molecule has 26 heavy (non-hydrogen) atoms. The second-order valence-corrected chi connectivity index (χ2v) is 6.90. The first-order valence-electron chi connectivity index (χ1n) is 8.99. The van der Waals surface area contributed by atoms with Crippen molar-refractivity contribution in [2.75, 3.05) is 11.4 Å². The number of aryl methyl sites for hydroxylation is 2. The molecule has 9 heteroatoms. The average molecular weight is 363 g/mol. The lowest BCUT2D eigenvalue weighted by Gasteiger charge is -2.25. The predicted molar refractivity (Wildman–Crippen MR) is 97.4 cm³/mol. The average Bonchev–Trinajstić information content (AvgIpc) is 2.98. The van der Waals surface area contributed by atoms with Gasteiger partial charge in [0.15, 0.2) is 11.2 Å². The molecule has 3 heterocycles. The van der Waals surface area contributed by atoms with Gasteiger partial charge in [0.1, 0.15) is 0 Å². The Morgan fingerprint density at radius 3 is 2.65 bits per heavy atom. The summed E-state index contributed by atoms with van der Waals surface area (Å²) in [5.41, 5.74) is -0.111. The van der Waals surface area contributed by atoms with Gasteiger partial charge in [-0.3, -0.25) is 23.6 Å². The number of fused-ring (bicyclic) bond motifs is 3. The molecule has 1 amide bonds. The molecule has 0 saturated heterocycles. The number of hydrogen-bond acceptors (Lipinski definition) is 5. The Bertz CT molecular complexity index is 953. The fourth-order valence-electron chi connectivity index (χ4n) is 3.47. The molecule has 1 atom stereocenters. The van der Waals surface area contributed by atoms with Gasteiger partial charge in [0.2, 0.25) is 11.9 Å². The SMILES string of the molecule is CC(=O)N1CCCn2c1nc1c2c(=O)n(CCCC[C@@H](C)O)c(=O)n1C. The Kier molecular flexibility index (Phi) is 4.99. The number of anilines is 1. The van der Waals surface area contributed by atoms with Crippen LogP contribution >= 0.6 is 0 Å². The number of aromatic nitrogens is 4. The molecule has 0 radical (unpaired) electrons. The van der Waals surface area contributed by atoms with Gasteiger partial charge in [0.05, 0.1) is 6.10 Å². The Morgan fingerprint density at radius 2 is 2.00 bits per heavy atom. The van der Waals surface area contributed by atoms with E-state index >= 15 is 0 Å². The molecule has 2 aromatic heterocycles. The largest absolute Gasteiger partial charge is 0.393 e. The molecule has 2 aromatic rings. The first kappa shape index (κ1) is 18.4. The van der Waals surface area contributed by atoms with E-state index < -0.39 is 11.8 Å². The van der Waals surface area contributed by atoms with E-state index in [-0.39, 0.29) is 11.5 Å². The molecular weight excluding hydrogens is 338 g/mol. The number of carbonyl (C=O) groups excluding carboxylic acids is 1. The summed E-state index contributed by atoms with van der Waals surface area (Å²) in [6, 6.07) is 0. The zero-order valence-corrected chi connectivity index (χ0v) is 15.4. The first-order chi connectivity index (χ1) is 12.3. The van der Waals surface area contributed by atoms with Crippen molar-refractivity contribution < 1.29 is 9.90 Å². The van der Waals surface area contributed by atoms with Crippen molar-refractivity contribution in [3.8, 4) is 0 Å². The molecule has 1 aliphatic heterocycles. The summed E-state index contributed by atoms with van der Waals surface area (Å²) >= 11 is 0. The standard InChI is InChI=1S/C17H25N5O4/c1-11(23)7-4-5-8-22-15(25)13-14(19(3)17(22)26)18-16-20(12(2)24)9-6-10-21(13)16/h11,23H,4-10H2,1-3H3/t11-/m1/s1. The molecule has 0 fully saturated rings. The fraction of sp³-hybridized carbons (Fsp3) is 0.647. The third-order valence-electron chi connectivity index (χ3n) is 4.85. The minimum absolute atomic E-state index is 0.135. The van der Waals surface area contributed by atoms with Crippen molar-refractivity contribution in [1.82, 2.24) is 18.7 Å². The first-order valence-corrected chi connectivity index (χ1v) is 8.99. The van der Waals surface area contributed by atoms with Crippen LogP contribution in [0.3, 0.4) is 0 Å². The van der Waals surface area contributed by atoms with E-state index in [1.54, 1.807) is 23.4 Å². The molecule has 0 bridgehead atoms. The number of hydrogen-bond donors (Lipinski definition) is 1. The van der Waals surface area contributed by atoms with E-state index in [9.17, 15) is 19.5 Å². The molecular formula is C17H25N5O4. The smallest absolute Gasteiger partial charge is 0.332 e. The van der Waals surface area contributed by atoms with Gasteiger partial charge in [-0.05, 0) is 32.6 Å². The summed E-state index contributed by atoms with van der Waals surface area (Å²) in [6.07, 6.45) is 2.33. The third kappa shape index (κ3) is 3.07. The lowest BCUT2D eigenvalue weighted by Crippen LogP contribution is -2.40. The van der Waals surface area contributed by atoms with Gasteiger partial charge in [-0.2, -0.15) is 4.98 Å². The van der Waals surface area contributed by atoms with Gasteiger partial charge in [-0.1, -0.05) is 0 Å². The van der Waals surface area contributed by atoms with E-state index in [0.29, 0.717) is 49.6 Å². The lowest BCUT2D eigenvalue weighted by molar-refractivity contribution is -0.116. The summed E-state index contributed by atoms with van der Waals surface area (Å²) in [5.74, 6) is 0.294. The number of aliphatic hydroxyl groups is 1. The number of nitrogens with zero attached hydrogens (tertiary/aromatic N) is 5. The molecule has 9 nitrogen and oxygen atoms in total. The van der Waals surface area contributed by atoms with Crippen LogP contribution < -0.4 is 16.1 Å². The lowest BCUT2D eigenvalue weighted by atomic mass is 10.2. The molecule has 3 rings (SSSR count). The maximum atomic E-state index is 13.0. The fourth-order valence-corrected chi connectivity index (χ4v) is 3.47. The van der Waals surface area contributed by atoms with Crippen LogP contribution in [0.4, 0.5) is 5.95 Å². The molecule has 0 aliphatic carbocycles. The Balaban J connectivity index is 2.08. The number of aliphatic hydroxyl groups excluding tert-OH is 1. The van der Waals surface area contributed by atoms with Crippen LogP contribution in [0.15, 0.2) is 9.59 Å². The molecule has 0 spiro atoms. The number of unbranched alkanes of at least 4 members (excludes halogenated alkanes) is 1. The van der Waals surface area contributed by atoms with Gasteiger partial charge in [-0.25, -0.2) is 4.79 Å². The van der Waals surface area contributed by atoms with E-state index in [4.69, 9.17) is 0 Å². The summed E-state index contributed by atoms with van der Waals surface area (Å²) in [5, 5.41) is 9.34. The Labute approximate surface area is 150 Å². The molecule has 1 N–H and O–H groups in total. The second-order valence-electron chi connectivity index (χ2n) is 6.90. The number of amides is 1. The quantitative estimate of drug-likeness (QED) is 0.765. The Morgan fingerprint density at radius 1 is 1.27 bits per heavy atom. The summed E-state index contributed by atoms with van der Waals surface area (Å²) in [7, 11) is 1.59. The third-order valence-corrected chi connectivity index (χ3v) is 4.85. The topological polar surface area (TPSA) is 102 Å². The highest BCUT2D eigenvalue weighted by molar-refractivity contribution is 5.92. The van der Waals surface area contributed by atoms with Crippen LogP contribution in [0, 0.1) is 0 Å². The van der Waals surface area contributed by atoms with Crippen LogP contribution in [-0.4, -0.2) is 42.3 Å². The number of carbonyl (C=O) groups is 1. The maximum Gasteiger partial charge on any atom is 0.332 e. The summed E-state index contributed by atoms with van der Waals surface area (Å²) in [4.78, 5) is 43.4. The highest BCUT2D eigenvalue weighted by atomic mass is 16.3. The van der Waals surface area contributed by atoms with Crippen molar-refractivity contribution >= 4 is 23.0 Å². The van der Waals surface area contributed by atoms with E-state index in [1.165, 1.54) is 16.1 Å². The molecule has 0 aromatic carbocycles. The highest BCUT2D eigenvalue weighted by Crippen LogP contribution is 2.24. The summed E-state index contributed by atoms with van der Waals surface area (Å²) in [6.45, 7) is 4.63. The van der Waals surface area contributed by atoms with Crippen LogP contribution in [0.5, 0.6) is 0 Å². The van der Waals surface area contributed by atoms with Crippen molar-refractivity contribution in [1.29, 1.82) is 0 Å². The van der Waals surface area contributed by atoms with Crippen molar-refractivity contribution in [3.05, 3.63) is 20.8 Å². The number of imidazole rings is 1. The van der Waals surface area contributed by atoms with E-state index in [0.717, 1.165) is 12.8 Å². The van der Waals surface area contributed by atoms with Gasteiger partial charge < -0.3 is 9.67 Å². The zero-order chi connectivity index (χ0) is 19.0. The van der Waals surface area contributed by atoms with Crippen molar-refractivity contribution in [2.45, 2.75) is 58.7 Å². The molecule has 142 valence electrons. The molecule has 0 unspecified atom stereocenters. The molecule has 1 aliphatic rings. The van der Waals surface area contributed by atoms with Gasteiger partial charge >= 0.3 is 5.69 Å². The van der Waals surface area contributed by atoms with E-state index in [2.05, 4.69) is 4.98 Å². The monoisotopic (exact) mass is 363 g/mol.